The van der Waals surface area contributed by atoms with Crippen molar-refractivity contribution in [2.75, 3.05) is 13.2 Å². The lowest BCUT2D eigenvalue weighted by Crippen LogP contribution is -2.07. The van der Waals surface area contributed by atoms with E-state index in [1.807, 2.05) is 25.1 Å². The van der Waals surface area contributed by atoms with Crippen molar-refractivity contribution in [3.8, 4) is 11.5 Å². The predicted molar refractivity (Wildman–Crippen MR) is 145 cm³/mol. The Balaban J connectivity index is 1.35. The number of aryl methyl sites for hydroxylation is 3. The number of aliphatic carboxylic acids is 1. The van der Waals surface area contributed by atoms with Gasteiger partial charge < -0.3 is 14.6 Å². The highest BCUT2D eigenvalue weighted by Gasteiger charge is 2.09. The quantitative estimate of drug-likeness (QED) is 0.218. The fourth-order valence-corrected chi connectivity index (χ4v) is 4.49. The van der Waals surface area contributed by atoms with Crippen LogP contribution in [0, 0.1) is 6.92 Å². The second kappa shape index (κ2) is 12.3. The van der Waals surface area contributed by atoms with Gasteiger partial charge in [-0.1, -0.05) is 67.6 Å². The first-order valence-electron chi connectivity index (χ1n) is 12.7. The summed E-state index contributed by atoms with van der Waals surface area (Å²) in [5.74, 6) is 0.952. The third-order valence-corrected chi connectivity index (χ3v) is 6.53. The summed E-state index contributed by atoms with van der Waals surface area (Å²) in [4.78, 5) is 10.8. The van der Waals surface area contributed by atoms with Gasteiger partial charge >= 0.3 is 5.97 Å². The fraction of sp³-hybridized carbons (Fsp3) is 0.281. The van der Waals surface area contributed by atoms with Crippen molar-refractivity contribution in [3.63, 3.8) is 0 Å². The van der Waals surface area contributed by atoms with Gasteiger partial charge in [-0.05, 0) is 76.6 Å². The molecule has 1 N–H and O–H groups in total. The molecule has 0 spiro atoms. The van der Waals surface area contributed by atoms with Gasteiger partial charge in [0.15, 0.2) is 0 Å². The number of rotatable bonds is 12. The number of fused-ring (bicyclic) bond motifs is 1. The van der Waals surface area contributed by atoms with Gasteiger partial charge in [0.25, 0.3) is 0 Å². The summed E-state index contributed by atoms with van der Waals surface area (Å²) in [6, 6.07) is 27.4. The van der Waals surface area contributed by atoms with Crippen LogP contribution < -0.4 is 9.47 Å². The molecule has 4 aromatic rings. The first-order valence-corrected chi connectivity index (χ1v) is 12.7. The average Bonchev–Trinajstić information content (AvgIpc) is 2.88. The van der Waals surface area contributed by atoms with E-state index in [9.17, 15) is 4.79 Å². The lowest BCUT2D eigenvalue weighted by molar-refractivity contribution is -0.136. The number of hydrogen-bond donors (Lipinski definition) is 1. The average molecular weight is 483 g/mol. The summed E-state index contributed by atoms with van der Waals surface area (Å²) in [6.07, 6.45) is 3.26. The molecule has 186 valence electrons. The van der Waals surface area contributed by atoms with Crippen LogP contribution in [0.1, 0.15) is 47.6 Å². The summed E-state index contributed by atoms with van der Waals surface area (Å²) in [5, 5.41) is 11.4. The predicted octanol–water partition coefficient (Wildman–Crippen LogP) is 7.17. The second-order valence-electron chi connectivity index (χ2n) is 9.14. The van der Waals surface area contributed by atoms with E-state index in [-0.39, 0.29) is 6.42 Å². The summed E-state index contributed by atoms with van der Waals surface area (Å²) in [5.41, 5.74) is 5.92. The van der Waals surface area contributed by atoms with E-state index in [0.717, 1.165) is 41.9 Å². The van der Waals surface area contributed by atoms with Gasteiger partial charge in [-0.25, -0.2) is 0 Å². The molecule has 0 saturated carbocycles. The summed E-state index contributed by atoms with van der Waals surface area (Å²) in [7, 11) is 0. The molecule has 0 fully saturated rings. The smallest absolute Gasteiger partial charge is 0.303 e. The van der Waals surface area contributed by atoms with Crippen LogP contribution >= 0.6 is 0 Å². The van der Waals surface area contributed by atoms with Crippen molar-refractivity contribution in [2.45, 2.75) is 46.0 Å². The Morgan fingerprint density at radius 2 is 1.64 bits per heavy atom. The number of carboxylic acid groups (broad SMARTS) is 1. The molecule has 0 aromatic heterocycles. The minimum atomic E-state index is -0.778. The van der Waals surface area contributed by atoms with E-state index in [4.69, 9.17) is 14.6 Å². The Labute approximate surface area is 213 Å². The SMILES string of the molecule is CCc1ccc(OCCCOc2ccc(CCC(=O)O)c(C)c2)c(Cc2cccc3ccccc23)c1. The highest BCUT2D eigenvalue weighted by molar-refractivity contribution is 5.86. The largest absolute Gasteiger partial charge is 0.493 e. The molecule has 0 aliphatic carbocycles. The molecular weight excluding hydrogens is 448 g/mol. The van der Waals surface area contributed by atoms with Gasteiger partial charge in [0.2, 0.25) is 0 Å². The Hall–Kier alpha value is -3.79. The molecule has 0 heterocycles. The van der Waals surface area contributed by atoms with E-state index >= 15 is 0 Å². The molecule has 4 nitrogen and oxygen atoms in total. The normalized spacial score (nSPS) is 10.9. The molecule has 0 radical (unpaired) electrons. The van der Waals surface area contributed by atoms with Gasteiger partial charge in [-0.2, -0.15) is 0 Å². The summed E-state index contributed by atoms with van der Waals surface area (Å²) in [6.45, 7) is 5.29. The van der Waals surface area contributed by atoms with Gasteiger partial charge in [0.1, 0.15) is 11.5 Å². The van der Waals surface area contributed by atoms with Crippen molar-refractivity contribution < 1.29 is 19.4 Å². The first-order chi connectivity index (χ1) is 17.5. The number of benzene rings is 4. The lowest BCUT2D eigenvalue weighted by atomic mass is 9.96. The van der Waals surface area contributed by atoms with Crippen molar-refractivity contribution in [1.29, 1.82) is 0 Å². The van der Waals surface area contributed by atoms with Crippen molar-refractivity contribution in [2.24, 2.45) is 0 Å². The van der Waals surface area contributed by atoms with Crippen molar-refractivity contribution in [3.05, 3.63) is 107 Å². The van der Waals surface area contributed by atoms with Gasteiger partial charge in [-0.3, -0.25) is 4.79 Å². The monoisotopic (exact) mass is 482 g/mol. The maximum absolute atomic E-state index is 10.8. The zero-order valence-corrected chi connectivity index (χ0v) is 21.1. The number of hydrogen-bond acceptors (Lipinski definition) is 3. The molecule has 0 bridgehead atoms. The van der Waals surface area contributed by atoms with Crippen LogP contribution in [0.2, 0.25) is 0 Å². The highest BCUT2D eigenvalue weighted by Crippen LogP contribution is 2.27. The highest BCUT2D eigenvalue weighted by atomic mass is 16.5. The topological polar surface area (TPSA) is 55.8 Å². The van der Waals surface area contributed by atoms with Gasteiger partial charge in [0.05, 0.1) is 13.2 Å². The second-order valence-corrected chi connectivity index (χ2v) is 9.14. The zero-order valence-electron chi connectivity index (χ0n) is 21.1. The maximum Gasteiger partial charge on any atom is 0.303 e. The van der Waals surface area contributed by atoms with E-state index in [0.29, 0.717) is 19.6 Å². The van der Waals surface area contributed by atoms with Gasteiger partial charge in [-0.15, -0.1) is 0 Å². The molecule has 0 atom stereocenters. The number of carboxylic acids is 1. The van der Waals surface area contributed by atoms with E-state index in [2.05, 4.69) is 67.6 Å². The Bertz CT molecular complexity index is 1320. The molecule has 4 rings (SSSR count). The lowest BCUT2D eigenvalue weighted by Gasteiger charge is -2.15. The third-order valence-electron chi connectivity index (χ3n) is 6.53. The van der Waals surface area contributed by atoms with Crippen LogP contribution in [0.15, 0.2) is 78.9 Å². The molecule has 0 amide bonds. The minimum Gasteiger partial charge on any atom is -0.493 e. The Morgan fingerprint density at radius 1 is 0.833 bits per heavy atom. The molecule has 4 heteroatoms. The van der Waals surface area contributed by atoms with Gasteiger partial charge in [0, 0.05) is 19.3 Å². The van der Waals surface area contributed by atoms with E-state index < -0.39 is 5.97 Å². The van der Waals surface area contributed by atoms with Crippen molar-refractivity contribution in [1.82, 2.24) is 0 Å². The molecule has 0 aliphatic heterocycles. The molecule has 0 unspecified atom stereocenters. The van der Waals surface area contributed by atoms with Crippen LogP contribution in [-0.2, 0) is 24.1 Å². The molecular formula is C32H34O4. The first kappa shape index (κ1) is 25.3. The van der Waals surface area contributed by atoms with Crippen LogP contribution in [0.3, 0.4) is 0 Å². The van der Waals surface area contributed by atoms with Crippen LogP contribution in [0.25, 0.3) is 10.8 Å². The standard InChI is InChI=1S/C32H34O4/c1-3-24-12-16-31(28(21-24)22-27-10-6-9-26-8-4-5-11-30(26)27)36-19-7-18-35-29-15-13-25(23(2)20-29)14-17-32(33)34/h4-6,8-13,15-16,20-21H,3,7,14,17-19,22H2,1-2H3,(H,33,34). The minimum absolute atomic E-state index is 0.139. The van der Waals surface area contributed by atoms with Crippen molar-refractivity contribution >= 4 is 16.7 Å². The molecule has 0 aliphatic rings. The van der Waals surface area contributed by atoms with Crippen LogP contribution in [0.5, 0.6) is 11.5 Å². The Kier molecular flexibility index (Phi) is 8.62. The number of ether oxygens (including phenoxy) is 2. The molecule has 36 heavy (non-hydrogen) atoms. The fourth-order valence-electron chi connectivity index (χ4n) is 4.49. The van der Waals surface area contributed by atoms with Crippen LogP contribution in [0.4, 0.5) is 0 Å². The van der Waals surface area contributed by atoms with E-state index in [1.54, 1.807) is 0 Å². The molecule has 4 aromatic carbocycles. The molecule has 0 saturated heterocycles. The Morgan fingerprint density at radius 3 is 2.44 bits per heavy atom. The van der Waals surface area contributed by atoms with E-state index in [1.165, 1.54) is 27.5 Å². The zero-order chi connectivity index (χ0) is 25.3. The third kappa shape index (κ3) is 6.66. The summed E-state index contributed by atoms with van der Waals surface area (Å²) >= 11 is 0. The summed E-state index contributed by atoms with van der Waals surface area (Å²) < 4.78 is 12.1. The number of carbonyl (C=O) groups is 1. The maximum atomic E-state index is 10.8. The van der Waals surface area contributed by atoms with Crippen LogP contribution in [-0.4, -0.2) is 24.3 Å².